The molecule has 3 rings (SSSR count). The third kappa shape index (κ3) is 4.74. The Labute approximate surface area is 148 Å². The second-order valence-electron chi connectivity index (χ2n) is 5.28. The second kappa shape index (κ2) is 7.72. The van der Waals surface area contributed by atoms with Crippen LogP contribution in [0.25, 0.3) is 0 Å². The summed E-state index contributed by atoms with van der Waals surface area (Å²) in [6.07, 6.45) is 3.07. The van der Waals surface area contributed by atoms with E-state index >= 15 is 0 Å². The van der Waals surface area contributed by atoms with Gasteiger partial charge in [-0.2, -0.15) is 10.2 Å². The first kappa shape index (κ1) is 16.9. The summed E-state index contributed by atoms with van der Waals surface area (Å²) in [6, 6.07) is 14.9. The van der Waals surface area contributed by atoms with Crippen molar-refractivity contribution in [1.29, 1.82) is 0 Å². The lowest BCUT2D eigenvalue weighted by Crippen LogP contribution is -2.18. The standard InChI is InChI=1S/C18H14ClFN4O/c19-15-6-4-13(5-7-15)12-24-9-8-17(23-24)18(25)22-21-11-14-2-1-3-16(20)10-14/h1-11H,12H2,(H,22,25)/b21-11+. The zero-order chi connectivity index (χ0) is 17.6. The molecule has 0 atom stereocenters. The van der Waals surface area contributed by atoms with E-state index in [9.17, 15) is 9.18 Å². The van der Waals surface area contributed by atoms with Gasteiger partial charge in [0.05, 0.1) is 12.8 Å². The van der Waals surface area contributed by atoms with Crippen LogP contribution in [-0.4, -0.2) is 21.9 Å². The van der Waals surface area contributed by atoms with E-state index < -0.39 is 5.91 Å². The Hall–Kier alpha value is -2.99. The average Bonchev–Trinajstić information content (AvgIpc) is 3.06. The maximum Gasteiger partial charge on any atom is 0.291 e. The Morgan fingerprint density at radius 3 is 2.80 bits per heavy atom. The number of carbonyl (C=O) groups excluding carboxylic acids is 1. The molecule has 1 amide bonds. The van der Waals surface area contributed by atoms with Gasteiger partial charge < -0.3 is 0 Å². The second-order valence-corrected chi connectivity index (χ2v) is 5.72. The molecule has 1 heterocycles. The number of hydrogen-bond acceptors (Lipinski definition) is 3. The first-order chi connectivity index (χ1) is 12.1. The molecule has 0 radical (unpaired) electrons. The summed E-state index contributed by atoms with van der Waals surface area (Å²) in [6.45, 7) is 0.525. The van der Waals surface area contributed by atoms with Crippen molar-refractivity contribution in [3.8, 4) is 0 Å². The SMILES string of the molecule is O=C(N/N=C/c1cccc(F)c1)c1ccn(Cc2ccc(Cl)cc2)n1. The summed E-state index contributed by atoms with van der Waals surface area (Å²) in [5.74, 6) is -0.807. The third-order valence-electron chi connectivity index (χ3n) is 3.36. The van der Waals surface area contributed by atoms with Gasteiger partial charge in [0.25, 0.3) is 5.91 Å². The molecule has 0 saturated carbocycles. The summed E-state index contributed by atoms with van der Waals surface area (Å²) in [5, 5.41) is 8.68. The summed E-state index contributed by atoms with van der Waals surface area (Å²) in [7, 11) is 0. The average molecular weight is 357 g/mol. The van der Waals surface area contributed by atoms with E-state index in [1.165, 1.54) is 18.3 Å². The quantitative estimate of drug-likeness (QED) is 0.562. The number of rotatable bonds is 5. The number of benzene rings is 2. The van der Waals surface area contributed by atoms with Crippen molar-refractivity contribution in [3.63, 3.8) is 0 Å². The lowest BCUT2D eigenvalue weighted by atomic mass is 10.2. The molecule has 0 aliphatic carbocycles. The van der Waals surface area contributed by atoms with Crippen LogP contribution in [-0.2, 0) is 6.54 Å². The van der Waals surface area contributed by atoms with Crippen molar-refractivity contribution < 1.29 is 9.18 Å². The van der Waals surface area contributed by atoms with Crippen molar-refractivity contribution in [2.75, 3.05) is 0 Å². The fourth-order valence-corrected chi connectivity index (χ4v) is 2.28. The van der Waals surface area contributed by atoms with Crippen LogP contribution in [0.2, 0.25) is 5.02 Å². The minimum Gasteiger partial charge on any atom is -0.268 e. The molecule has 0 saturated heterocycles. The Morgan fingerprint density at radius 2 is 2.04 bits per heavy atom. The van der Waals surface area contributed by atoms with Gasteiger partial charge in [0.1, 0.15) is 5.82 Å². The topological polar surface area (TPSA) is 59.3 Å². The molecular formula is C18H14ClFN4O. The largest absolute Gasteiger partial charge is 0.291 e. The minimum absolute atomic E-state index is 0.241. The monoisotopic (exact) mass is 356 g/mol. The fraction of sp³-hybridized carbons (Fsp3) is 0.0556. The number of halogens is 2. The Bertz CT molecular complexity index is 905. The number of nitrogens with zero attached hydrogens (tertiary/aromatic N) is 3. The Balaban J connectivity index is 1.59. The molecule has 1 N–H and O–H groups in total. The summed E-state index contributed by atoms with van der Waals surface area (Å²) in [5.41, 5.74) is 4.17. The molecule has 126 valence electrons. The number of aromatic nitrogens is 2. The number of amides is 1. The highest BCUT2D eigenvalue weighted by molar-refractivity contribution is 6.30. The van der Waals surface area contributed by atoms with Gasteiger partial charge in [-0.15, -0.1) is 0 Å². The van der Waals surface area contributed by atoms with Crippen LogP contribution in [0.1, 0.15) is 21.6 Å². The normalized spacial score (nSPS) is 11.0. The number of carbonyl (C=O) groups is 1. The summed E-state index contributed by atoms with van der Waals surface area (Å²) in [4.78, 5) is 12.0. The molecule has 0 unspecified atom stereocenters. The zero-order valence-electron chi connectivity index (χ0n) is 13.1. The van der Waals surface area contributed by atoms with Crippen LogP contribution in [0.3, 0.4) is 0 Å². The van der Waals surface area contributed by atoms with E-state index in [1.54, 1.807) is 41.2 Å². The van der Waals surface area contributed by atoms with Gasteiger partial charge in [0.15, 0.2) is 5.69 Å². The molecule has 0 bridgehead atoms. The molecule has 3 aromatic rings. The maximum absolute atomic E-state index is 13.1. The number of hydrogen-bond donors (Lipinski definition) is 1. The van der Waals surface area contributed by atoms with Gasteiger partial charge in [-0.05, 0) is 41.5 Å². The smallest absolute Gasteiger partial charge is 0.268 e. The van der Waals surface area contributed by atoms with Crippen molar-refractivity contribution in [2.45, 2.75) is 6.54 Å². The molecule has 0 aliphatic heterocycles. The van der Waals surface area contributed by atoms with Crippen molar-refractivity contribution >= 4 is 23.7 Å². The van der Waals surface area contributed by atoms with Crippen LogP contribution >= 0.6 is 11.6 Å². The highest BCUT2D eigenvalue weighted by atomic mass is 35.5. The van der Waals surface area contributed by atoms with E-state index in [-0.39, 0.29) is 11.5 Å². The van der Waals surface area contributed by atoms with E-state index in [4.69, 9.17) is 11.6 Å². The fourth-order valence-electron chi connectivity index (χ4n) is 2.16. The van der Waals surface area contributed by atoms with E-state index in [1.807, 2.05) is 12.1 Å². The molecule has 2 aromatic carbocycles. The van der Waals surface area contributed by atoms with E-state index in [0.29, 0.717) is 17.1 Å². The molecular weight excluding hydrogens is 343 g/mol. The Kier molecular flexibility index (Phi) is 5.20. The third-order valence-corrected chi connectivity index (χ3v) is 3.61. The highest BCUT2D eigenvalue weighted by Crippen LogP contribution is 2.10. The highest BCUT2D eigenvalue weighted by Gasteiger charge is 2.08. The van der Waals surface area contributed by atoms with Gasteiger partial charge in [-0.25, -0.2) is 9.82 Å². The zero-order valence-corrected chi connectivity index (χ0v) is 13.8. The van der Waals surface area contributed by atoms with Crippen LogP contribution in [0.5, 0.6) is 0 Å². The lowest BCUT2D eigenvalue weighted by Gasteiger charge is -2.02. The molecule has 5 nitrogen and oxygen atoms in total. The van der Waals surface area contributed by atoms with E-state index in [0.717, 1.165) is 5.56 Å². The predicted molar refractivity (Wildman–Crippen MR) is 94.2 cm³/mol. The van der Waals surface area contributed by atoms with Crippen LogP contribution in [0.4, 0.5) is 4.39 Å². The first-order valence-electron chi connectivity index (χ1n) is 7.47. The molecule has 7 heteroatoms. The van der Waals surface area contributed by atoms with Gasteiger partial charge >= 0.3 is 0 Å². The van der Waals surface area contributed by atoms with Crippen LogP contribution < -0.4 is 5.43 Å². The lowest BCUT2D eigenvalue weighted by molar-refractivity contribution is 0.0949. The molecule has 25 heavy (non-hydrogen) atoms. The number of nitrogens with one attached hydrogen (secondary N) is 1. The molecule has 0 fully saturated rings. The molecule has 0 aliphatic rings. The van der Waals surface area contributed by atoms with Gasteiger partial charge in [0.2, 0.25) is 0 Å². The minimum atomic E-state index is -0.442. The predicted octanol–water partition coefficient (Wildman–Crippen LogP) is 3.49. The summed E-state index contributed by atoms with van der Waals surface area (Å²) < 4.78 is 14.7. The van der Waals surface area contributed by atoms with Crippen molar-refractivity contribution in [2.24, 2.45) is 5.10 Å². The van der Waals surface area contributed by atoms with Crippen LogP contribution in [0.15, 0.2) is 65.9 Å². The van der Waals surface area contributed by atoms with Crippen molar-refractivity contribution in [3.05, 3.63) is 88.5 Å². The Morgan fingerprint density at radius 1 is 1.24 bits per heavy atom. The summed E-state index contributed by atoms with van der Waals surface area (Å²) >= 11 is 5.85. The van der Waals surface area contributed by atoms with Gasteiger partial charge in [-0.3, -0.25) is 9.48 Å². The molecule has 0 spiro atoms. The maximum atomic E-state index is 13.1. The molecule has 1 aromatic heterocycles. The van der Waals surface area contributed by atoms with Crippen molar-refractivity contribution in [1.82, 2.24) is 15.2 Å². The van der Waals surface area contributed by atoms with Gasteiger partial charge in [-0.1, -0.05) is 35.9 Å². The first-order valence-corrected chi connectivity index (χ1v) is 7.85. The van der Waals surface area contributed by atoms with E-state index in [2.05, 4.69) is 15.6 Å². The van der Waals surface area contributed by atoms with Gasteiger partial charge in [0, 0.05) is 11.2 Å². The van der Waals surface area contributed by atoms with Crippen LogP contribution in [0, 0.1) is 5.82 Å². The number of hydrazone groups is 1.